The molecule has 2 unspecified atom stereocenters. The van der Waals surface area contributed by atoms with Crippen molar-refractivity contribution in [2.24, 2.45) is 34.3 Å². The highest BCUT2D eigenvalue weighted by Gasteiger charge is 2.76. The number of fused-ring (bicyclic) bond motifs is 3. The highest BCUT2D eigenvalue weighted by Crippen LogP contribution is 2.62. The van der Waals surface area contributed by atoms with Crippen LogP contribution < -0.4 is 15.8 Å². The predicted molar refractivity (Wildman–Crippen MR) is 174 cm³/mol. The van der Waals surface area contributed by atoms with Crippen LogP contribution in [0.15, 0.2) is 30.3 Å². The van der Waals surface area contributed by atoms with E-state index in [1.165, 1.54) is 17.9 Å². The van der Waals surface area contributed by atoms with Gasteiger partial charge in [0.25, 0.3) is 0 Å². The minimum atomic E-state index is -2.85. The molecule has 0 bridgehead atoms. The number of carbonyl (C=O) groups excluding carboxylic acids is 5. The van der Waals surface area contributed by atoms with Crippen molar-refractivity contribution in [1.29, 1.82) is 0 Å². The van der Waals surface area contributed by atoms with Crippen LogP contribution in [0.3, 0.4) is 0 Å². The van der Waals surface area contributed by atoms with Crippen LogP contribution in [0.25, 0.3) is 11.1 Å². The zero-order chi connectivity index (χ0) is 34.8. The van der Waals surface area contributed by atoms with Crippen molar-refractivity contribution >= 4 is 29.0 Å². The maximum absolute atomic E-state index is 14.5. The van der Waals surface area contributed by atoms with E-state index < -0.39 is 63.3 Å². The molecule has 11 nitrogen and oxygen atoms in total. The second-order valence-corrected chi connectivity index (χ2v) is 14.6. The van der Waals surface area contributed by atoms with E-state index >= 15 is 0 Å². The Morgan fingerprint density at radius 3 is 2.36 bits per heavy atom. The Labute approximate surface area is 274 Å². The van der Waals surface area contributed by atoms with E-state index in [1.54, 1.807) is 34.2 Å². The Balaban J connectivity index is 1.66. The first kappa shape index (κ1) is 34.4. The average molecular weight is 648 g/mol. The van der Waals surface area contributed by atoms with Crippen LogP contribution in [-0.4, -0.2) is 83.5 Å². The number of ether oxygens (including phenoxy) is 1. The third-order valence-electron chi connectivity index (χ3n) is 10.7. The van der Waals surface area contributed by atoms with E-state index in [0.717, 1.165) is 18.5 Å². The molecule has 5 N–H and O–H groups in total. The van der Waals surface area contributed by atoms with Gasteiger partial charge >= 0.3 is 0 Å². The lowest BCUT2D eigenvalue weighted by Gasteiger charge is -2.61. The zero-order valence-electron chi connectivity index (χ0n) is 28.1. The van der Waals surface area contributed by atoms with Gasteiger partial charge in [-0.25, -0.2) is 0 Å². The van der Waals surface area contributed by atoms with Gasteiger partial charge in [-0.2, -0.15) is 0 Å². The van der Waals surface area contributed by atoms with Crippen LogP contribution in [0.5, 0.6) is 11.5 Å². The summed E-state index contributed by atoms with van der Waals surface area (Å²) in [6.07, 6.45) is 1.05. The molecule has 2 saturated carbocycles. The van der Waals surface area contributed by atoms with Gasteiger partial charge in [0.1, 0.15) is 11.5 Å². The topological polar surface area (TPSA) is 176 Å². The van der Waals surface area contributed by atoms with Gasteiger partial charge < -0.3 is 26.0 Å². The fourth-order valence-corrected chi connectivity index (χ4v) is 8.67. The molecule has 11 heteroatoms. The lowest BCUT2D eigenvalue weighted by atomic mass is 9.42. The molecule has 2 aromatic rings. The van der Waals surface area contributed by atoms with Crippen molar-refractivity contribution in [3.05, 3.63) is 47.0 Å². The number of likely N-dealkylation sites (N-methyl/N-ethyl adjacent to an activating group) is 1. The van der Waals surface area contributed by atoms with Crippen LogP contribution in [0.2, 0.25) is 0 Å². The van der Waals surface area contributed by atoms with Crippen molar-refractivity contribution < 1.29 is 38.9 Å². The molecular formula is C36H45N3O8. The highest BCUT2D eigenvalue weighted by atomic mass is 16.5. The average Bonchev–Trinajstić information content (AvgIpc) is 2.96. The number of amides is 1. The molecule has 3 aliphatic rings. The monoisotopic (exact) mass is 647 g/mol. The van der Waals surface area contributed by atoms with E-state index in [9.17, 15) is 34.2 Å². The number of rotatable bonds is 9. The SMILES string of the molecule is COc1ccc(CNCCC(C)C)cc1-c1ccc(O)c2c1C[C@@]1(C)C[C@@]3(C)[C@H](N(C)C)C(=O)C(C(N)=O)C(=O)[C@@]3(O)C(=O)C1C2=O. The largest absolute Gasteiger partial charge is 0.507 e. The summed E-state index contributed by atoms with van der Waals surface area (Å²) in [6, 6.07) is 7.66. The number of nitrogens with zero attached hydrogens (tertiary/aromatic N) is 1. The van der Waals surface area contributed by atoms with Crippen molar-refractivity contribution in [3.63, 3.8) is 0 Å². The number of aliphatic hydroxyl groups is 1. The number of hydrogen-bond donors (Lipinski definition) is 4. The standard InChI is InChI=1S/C36H45N3O8/c1-18(2)12-13-38-16-19-8-11-24(47-7)21(14-19)20-9-10-23(40)25-22(20)15-34(3)17-35(4)30(39(5)6)29(42)26(33(37)45)31(43)36(35,46)32(44)27(34)28(25)41/h8-11,14,18,26-27,30,38,40,46H,12-13,15-17H2,1-7H3,(H2,37,45)/t26?,27?,30-,34+,35+,36-/m1/s1. The van der Waals surface area contributed by atoms with Gasteiger partial charge in [0.2, 0.25) is 5.91 Å². The maximum Gasteiger partial charge on any atom is 0.235 e. The van der Waals surface area contributed by atoms with E-state index in [2.05, 4.69) is 19.2 Å². The van der Waals surface area contributed by atoms with Crippen LogP contribution in [0.4, 0.5) is 0 Å². The molecule has 0 aliphatic heterocycles. The first-order chi connectivity index (χ1) is 21.9. The Morgan fingerprint density at radius 2 is 1.77 bits per heavy atom. The summed E-state index contributed by atoms with van der Waals surface area (Å²) < 4.78 is 5.73. The molecule has 6 atom stereocenters. The predicted octanol–water partition coefficient (Wildman–Crippen LogP) is 2.46. The number of phenols is 1. The number of benzene rings is 2. The third kappa shape index (κ3) is 5.10. The zero-order valence-corrected chi connectivity index (χ0v) is 28.1. The molecule has 2 aromatic carbocycles. The van der Waals surface area contributed by atoms with Crippen LogP contribution in [-0.2, 0) is 32.1 Å². The summed E-state index contributed by atoms with van der Waals surface area (Å²) in [7, 11) is 4.68. The van der Waals surface area contributed by atoms with Crippen LogP contribution in [0.1, 0.15) is 62.0 Å². The van der Waals surface area contributed by atoms with Crippen LogP contribution in [0, 0.1) is 28.6 Å². The summed E-state index contributed by atoms with van der Waals surface area (Å²) in [6.45, 7) is 9.01. The highest BCUT2D eigenvalue weighted by molar-refractivity contribution is 6.33. The number of nitrogens with two attached hydrogens (primary N) is 1. The molecule has 252 valence electrons. The Hall–Kier alpha value is -3.93. The van der Waals surface area contributed by atoms with Gasteiger partial charge in [0, 0.05) is 17.5 Å². The van der Waals surface area contributed by atoms with Gasteiger partial charge in [-0.05, 0) is 86.1 Å². The molecule has 0 saturated heterocycles. The molecule has 1 amide bonds. The number of aromatic hydroxyl groups is 1. The quantitative estimate of drug-likeness (QED) is 0.234. The molecule has 3 aliphatic carbocycles. The van der Waals surface area contributed by atoms with Gasteiger partial charge in [-0.3, -0.25) is 28.9 Å². The van der Waals surface area contributed by atoms with E-state index in [0.29, 0.717) is 34.9 Å². The molecule has 2 fully saturated rings. The second kappa shape index (κ2) is 11.9. The first-order valence-electron chi connectivity index (χ1n) is 16.0. The van der Waals surface area contributed by atoms with Gasteiger partial charge in [0.15, 0.2) is 34.7 Å². The maximum atomic E-state index is 14.5. The summed E-state index contributed by atoms with van der Waals surface area (Å²) in [4.78, 5) is 70.2. The normalized spacial score (nSPS) is 30.3. The molecule has 5 rings (SSSR count). The molecule has 0 spiro atoms. The van der Waals surface area contributed by atoms with Crippen molar-refractivity contribution in [3.8, 4) is 22.6 Å². The van der Waals surface area contributed by atoms with Gasteiger partial charge in [-0.1, -0.05) is 39.8 Å². The molecule has 0 aromatic heterocycles. The number of phenolic OH excluding ortho intramolecular Hbond substituents is 1. The molecule has 47 heavy (non-hydrogen) atoms. The van der Waals surface area contributed by atoms with Crippen molar-refractivity contribution in [1.82, 2.24) is 10.2 Å². The molecule has 0 heterocycles. The fraction of sp³-hybridized carbons (Fsp3) is 0.528. The van der Waals surface area contributed by atoms with Gasteiger partial charge in [-0.15, -0.1) is 0 Å². The molecule has 0 radical (unpaired) electrons. The summed E-state index contributed by atoms with van der Waals surface area (Å²) in [5.41, 5.74) is 2.50. The summed E-state index contributed by atoms with van der Waals surface area (Å²) >= 11 is 0. The second-order valence-electron chi connectivity index (χ2n) is 14.6. The minimum absolute atomic E-state index is 0.0667. The number of hydrogen-bond acceptors (Lipinski definition) is 10. The fourth-order valence-electron chi connectivity index (χ4n) is 8.67. The third-order valence-corrected chi connectivity index (χ3v) is 10.7. The summed E-state index contributed by atoms with van der Waals surface area (Å²) in [5.74, 6) is -7.97. The summed E-state index contributed by atoms with van der Waals surface area (Å²) in [5, 5.41) is 26.7. The van der Waals surface area contributed by atoms with Crippen LogP contribution >= 0.6 is 0 Å². The van der Waals surface area contributed by atoms with Gasteiger partial charge in [0.05, 0.1) is 24.6 Å². The lowest BCUT2D eigenvalue weighted by Crippen LogP contribution is -2.79. The minimum Gasteiger partial charge on any atom is -0.507 e. The lowest BCUT2D eigenvalue weighted by molar-refractivity contribution is -0.203. The Kier molecular flexibility index (Phi) is 8.75. The molecular weight excluding hydrogens is 602 g/mol. The van der Waals surface area contributed by atoms with E-state index in [1.807, 2.05) is 18.2 Å². The Morgan fingerprint density at radius 1 is 1.09 bits per heavy atom. The van der Waals surface area contributed by atoms with E-state index in [4.69, 9.17) is 10.5 Å². The number of primary amides is 1. The number of Topliss-reactive ketones (excluding diaryl/α,β-unsaturated/α-hetero) is 4. The first-order valence-corrected chi connectivity index (χ1v) is 16.0. The van der Waals surface area contributed by atoms with Crippen molar-refractivity contribution in [2.45, 2.75) is 65.1 Å². The van der Waals surface area contributed by atoms with Crippen molar-refractivity contribution in [2.75, 3.05) is 27.7 Å². The number of nitrogens with one attached hydrogen (secondary N) is 1. The number of methoxy groups -OCH3 is 1. The number of ketones is 4. The smallest absolute Gasteiger partial charge is 0.235 e. The van der Waals surface area contributed by atoms with E-state index in [-0.39, 0.29) is 24.2 Å². The number of carbonyl (C=O) groups is 5. The Bertz CT molecular complexity index is 1680.